The molecule has 162 valence electrons. The standard InChI is InChI=1S/C25H26ClNO4/c1-15-12-18-16(4-7-22(29-2)24(18)30-15)5-9-23(28)27-20-14-25(10-3-11-25)31-21-8-6-17(26)13-19(20)21/h4,6-8,12-13,20H,3,5,9-11,14H2,1-2H3,(H,27,28)/t20-/m0/s1. The van der Waals surface area contributed by atoms with Crippen LogP contribution < -0.4 is 14.8 Å². The van der Waals surface area contributed by atoms with Crippen LogP contribution in [-0.2, 0) is 11.2 Å². The van der Waals surface area contributed by atoms with Crippen LogP contribution in [0.3, 0.4) is 0 Å². The molecule has 2 aromatic carbocycles. The van der Waals surface area contributed by atoms with Gasteiger partial charge in [-0.05, 0) is 68.5 Å². The summed E-state index contributed by atoms with van der Waals surface area (Å²) in [6.45, 7) is 1.92. The first-order valence-electron chi connectivity index (χ1n) is 10.8. The highest BCUT2D eigenvalue weighted by atomic mass is 35.5. The predicted octanol–water partition coefficient (Wildman–Crippen LogP) is 5.90. The third-order valence-corrected chi connectivity index (χ3v) is 6.79. The molecule has 3 aromatic rings. The Morgan fingerprint density at radius 3 is 2.84 bits per heavy atom. The van der Waals surface area contributed by atoms with E-state index in [1.54, 1.807) is 7.11 Å². The Labute approximate surface area is 186 Å². The number of benzene rings is 2. The number of fused-ring (bicyclic) bond motifs is 2. The monoisotopic (exact) mass is 439 g/mol. The molecule has 1 saturated carbocycles. The van der Waals surface area contributed by atoms with Crippen LogP contribution in [0.5, 0.6) is 11.5 Å². The highest BCUT2D eigenvalue weighted by Crippen LogP contribution is 2.49. The number of nitrogens with one attached hydrogen (secondary N) is 1. The predicted molar refractivity (Wildman–Crippen MR) is 120 cm³/mol. The molecule has 0 unspecified atom stereocenters. The van der Waals surface area contributed by atoms with E-state index in [0.717, 1.165) is 52.9 Å². The van der Waals surface area contributed by atoms with Gasteiger partial charge in [0.15, 0.2) is 11.3 Å². The maximum Gasteiger partial charge on any atom is 0.220 e. The molecular formula is C25H26ClNO4. The van der Waals surface area contributed by atoms with Crippen LogP contribution in [0.1, 0.15) is 55.0 Å². The van der Waals surface area contributed by atoms with Gasteiger partial charge in [-0.3, -0.25) is 4.79 Å². The van der Waals surface area contributed by atoms with E-state index in [4.69, 9.17) is 25.5 Å². The fourth-order valence-electron chi connectivity index (χ4n) is 4.82. The quantitative estimate of drug-likeness (QED) is 0.537. The van der Waals surface area contributed by atoms with Crippen molar-refractivity contribution < 1.29 is 18.7 Å². The minimum atomic E-state index is -0.144. The maximum absolute atomic E-state index is 12.9. The molecule has 1 spiro atoms. The lowest BCUT2D eigenvalue weighted by Gasteiger charge is -2.48. The summed E-state index contributed by atoms with van der Waals surface area (Å²) in [6.07, 6.45) is 5.05. The lowest BCUT2D eigenvalue weighted by molar-refractivity contribution is -0.123. The van der Waals surface area contributed by atoms with Crippen molar-refractivity contribution in [2.45, 2.75) is 57.1 Å². The van der Waals surface area contributed by atoms with E-state index in [2.05, 4.69) is 5.32 Å². The molecule has 1 aliphatic carbocycles. The van der Waals surface area contributed by atoms with Gasteiger partial charge in [-0.25, -0.2) is 0 Å². The number of methoxy groups -OCH3 is 1. The third-order valence-electron chi connectivity index (χ3n) is 6.55. The van der Waals surface area contributed by atoms with E-state index in [1.807, 2.05) is 43.3 Å². The first-order chi connectivity index (χ1) is 15.0. The summed E-state index contributed by atoms with van der Waals surface area (Å²) in [5, 5.41) is 4.90. The number of halogens is 1. The van der Waals surface area contributed by atoms with Crippen molar-refractivity contribution in [3.8, 4) is 11.5 Å². The van der Waals surface area contributed by atoms with Crippen molar-refractivity contribution in [1.82, 2.24) is 5.32 Å². The first-order valence-corrected chi connectivity index (χ1v) is 11.2. The van der Waals surface area contributed by atoms with Gasteiger partial charge in [0, 0.05) is 28.8 Å². The Morgan fingerprint density at radius 2 is 2.10 bits per heavy atom. The lowest BCUT2D eigenvalue weighted by atomic mass is 9.73. The molecule has 5 nitrogen and oxygen atoms in total. The maximum atomic E-state index is 12.9. The Kier molecular flexibility index (Phi) is 5.09. The number of rotatable bonds is 5. The average Bonchev–Trinajstić information content (AvgIpc) is 3.12. The van der Waals surface area contributed by atoms with Gasteiger partial charge in [0.2, 0.25) is 5.91 Å². The van der Waals surface area contributed by atoms with Crippen LogP contribution in [0.25, 0.3) is 11.0 Å². The van der Waals surface area contributed by atoms with Gasteiger partial charge in [-0.15, -0.1) is 0 Å². The number of hydrogen-bond donors (Lipinski definition) is 1. The lowest BCUT2D eigenvalue weighted by Crippen LogP contribution is -2.49. The van der Waals surface area contributed by atoms with Crippen LogP contribution in [0.2, 0.25) is 5.02 Å². The zero-order valence-electron chi connectivity index (χ0n) is 17.8. The van der Waals surface area contributed by atoms with Crippen molar-refractivity contribution >= 4 is 28.5 Å². The van der Waals surface area contributed by atoms with E-state index in [9.17, 15) is 4.79 Å². The van der Waals surface area contributed by atoms with Crippen molar-refractivity contribution in [3.63, 3.8) is 0 Å². The molecule has 31 heavy (non-hydrogen) atoms. The number of hydrogen-bond acceptors (Lipinski definition) is 4. The molecule has 5 rings (SSSR count). The van der Waals surface area contributed by atoms with Gasteiger partial charge in [0.1, 0.15) is 17.1 Å². The first kappa shape index (κ1) is 20.3. The van der Waals surface area contributed by atoms with Gasteiger partial charge in [0.05, 0.1) is 13.2 Å². The van der Waals surface area contributed by atoms with Crippen LogP contribution in [-0.4, -0.2) is 18.6 Å². The second kappa shape index (κ2) is 7.79. The normalized spacial score (nSPS) is 18.9. The van der Waals surface area contributed by atoms with Crippen LogP contribution in [0, 0.1) is 6.92 Å². The number of carbonyl (C=O) groups excluding carboxylic acids is 1. The summed E-state index contributed by atoms with van der Waals surface area (Å²) in [4.78, 5) is 12.9. The Morgan fingerprint density at radius 1 is 1.26 bits per heavy atom. The zero-order chi connectivity index (χ0) is 21.6. The largest absolute Gasteiger partial charge is 0.493 e. The minimum absolute atomic E-state index is 0.0245. The summed E-state index contributed by atoms with van der Waals surface area (Å²) in [6, 6.07) is 11.5. The molecule has 1 atom stereocenters. The molecule has 1 aromatic heterocycles. The number of aryl methyl sites for hydroxylation is 2. The summed E-state index contributed by atoms with van der Waals surface area (Å²) in [5.41, 5.74) is 2.64. The fourth-order valence-corrected chi connectivity index (χ4v) is 5.00. The smallest absolute Gasteiger partial charge is 0.220 e. The Hall–Kier alpha value is -2.66. The van der Waals surface area contributed by atoms with Crippen LogP contribution in [0.4, 0.5) is 0 Å². The van der Waals surface area contributed by atoms with Gasteiger partial charge < -0.3 is 19.2 Å². The van der Waals surface area contributed by atoms with Crippen LogP contribution in [0.15, 0.2) is 40.8 Å². The molecular weight excluding hydrogens is 414 g/mol. The Bertz CT molecular complexity index is 1150. The molecule has 6 heteroatoms. The molecule has 2 aliphatic rings. The number of amides is 1. The molecule has 1 amide bonds. The van der Waals surface area contributed by atoms with Crippen molar-refractivity contribution in [2.75, 3.05) is 7.11 Å². The minimum Gasteiger partial charge on any atom is -0.493 e. The second-order valence-corrected chi connectivity index (χ2v) is 9.11. The van der Waals surface area contributed by atoms with Gasteiger partial charge >= 0.3 is 0 Å². The van der Waals surface area contributed by atoms with Crippen molar-refractivity contribution in [1.29, 1.82) is 0 Å². The Balaban J connectivity index is 1.32. The fraction of sp³-hybridized carbons (Fsp3) is 0.400. The van der Waals surface area contributed by atoms with Gasteiger partial charge in [-0.1, -0.05) is 17.7 Å². The molecule has 1 aliphatic heterocycles. The molecule has 1 N–H and O–H groups in total. The van der Waals surface area contributed by atoms with Crippen LogP contribution >= 0.6 is 11.6 Å². The van der Waals surface area contributed by atoms with Gasteiger partial charge in [-0.2, -0.15) is 0 Å². The molecule has 0 radical (unpaired) electrons. The molecule has 2 heterocycles. The molecule has 0 saturated heterocycles. The summed E-state index contributed by atoms with van der Waals surface area (Å²) < 4.78 is 17.5. The van der Waals surface area contributed by atoms with E-state index in [-0.39, 0.29) is 17.6 Å². The number of ether oxygens (including phenoxy) is 2. The topological polar surface area (TPSA) is 60.7 Å². The van der Waals surface area contributed by atoms with Crippen molar-refractivity contribution in [3.05, 3.63) is 58.3 Å². The number of carbonyl (C=O) groups is 1. The summed E-state index contributed by atoms with van der Waals surface area (Å²) >= 11 is 6.23. The number of furan rings is 1. The average molecular weight is 440 g/mol. The highest BCUT2D eigenvalue weighted by Gasteiger charge is 2.45. The van der Waals surface area contributed by atoms with E-state index < -0.39 is 0 Å². The zero-order valence-corrected chi connectivity index (χ0v) is 18.6. The van der Waals surface area contributed by atoms with Crippen molar-refractivity contribution in [2.24, 2.45) is 0 Å². The van der Waals surface area contributed by atoms with E-state index in [1.165, 1.54) is 6.42 Å². The highest BCUT2D eigenvalue weighted by molar-refractivity contribution is 6.30. The SMILES string of the molecule is COc1ccc(CCC(=O)N[C@H]2CC3(CCC3)Oc3ccc(Cl)cc32)c2cc(C)oc12. The third kappa shape index (κ3) is 3.76. The second-order valence-electron chi connectivity index (χ2n) is 8.67. The molecule has 1 fully saturated rings. The summed E-state index contributed by atoms with van der Waals surface area (Å²) in [5.74, 6) is 2.40. The van der Waals surface area contributed by atoms with E-state index in [0.29, 0.717) is 23.6 Å². The molecule has 0 bridgehead atoms. The van der Waals surface area contributed by atoms with Gasteiger partial charge in [0.25, 0.3) is 0 Å². The summed E-state index contributed by atoms with van der Waals surface area (Å²) in [7, 11) is 1.63. The van der Waals surface area contributed by atoms with E-state index >= 15 is 0 Å².